The van der Waals surface area contributed by atoms with Gasteiger partial charge in [0, 0.05) is 50.9 Å². The Kier molecular flexibility index (Phi) is 6.58. The quantitative estimate of drug-likeness (QED) is 0.475. The zero-order valence-corrected chi connectivity index (χ0v) is 18.5. The fourth-order valence-electron chi connectivity index (χ4n) is 3.94. The first kappa shape index (κ1) is 23.1. The summed E-state index contributed by atoms with van der Waals surface area (Å²) >= 11 is 0. The van der Waals surface area contributed by atoms with Crippen LogP contribution < -0.4 is 4.90 Å². The molecule has 33 heavy (non-hydrogen) atoms. The minimum absolute atomic E-state index is 0.134. The highest BCUT2D eigenvalue weighted by Gasteiger charge is 2.31. The van der Waals surface area contributed by atoms with Crippen LogP contribution in [-0.4, -0.2) is 80.9 Å². The van der Waals surface area contributed by atoms with Crippen molar-refractivity contribution in [1.82, 2.24) is 9.21 Å². The first-order valence-electron chi connectivity index (χ1n) is 10.4. The Labute approximate surface area is 190 Å². The molecule has 176 valence electrons. The number of piperazine rings is 1. The van der Waals surface area contributed by atoms with Crippen LogP contribution in [0.2, 0.25) is 0 Å². The minimum atomic E-state index is -3.87. The van der Waals surface area contributed by atoms with Gasteiger partial charge < -0.3 is 14.5 Å². The van der Waals surface area contributed by atoms with E-state index in [2.05, 4.69) is 0 Å². The maximum absolute atomic E-state index is 13.1. The van der Waals surface area contributed by atoms with Gasteiger partial charge in [-0.05, 0) is 36.4 Å². The van der Waals surface area contributed by atoms with Gasteiger partial charge in [-0.3, -0.25) is 14.9 Å². The number of nitro benzene ring substituents is 1. The Morgan fingerprint density at radius 1 is 0.970 bits per heavy atom. The second-order valence-corrected chi connectivity index (χ2v) is 9.65. The average molecular weight is 479 g/mol. The van der Waals surface area contributed by atoms with Gasteiger partial charge in [-0.1, -0.05) is 0 Å². The molecule has 2 saturated heterocycles. The highest BCUT2D eigenvalue weighted by atomic mass is 32.2. The maximum atomic E-state index is 13.1. The molecular weight excluding hydrogens is 455 g/mol. The Hall–Kier alpha value is -3.09. The van der Waals surface area contributed by atoms with Crippen LogP contribution in [0.4, 0.5) is 15.8 Å². The number of halogens is 1. The van der Waals surface area contributed by atoms with E-state index in [-0.39, 0.29) is 42.8 Å². The Bertz CT molecular complexity index is 1140. The molecule has 0 aliphatic carbocycles. The number of anilines is 1. The van der Waals surface area contributed by atoms with Gasteiger partial charge in [-0.15, -0.1) is 0 Å². The smallest absolute Gasteiger partial charge is 0.293 e. The molecule has 10 nitrogen and oxygen atoms in total. The third-order valence-corrected chi connectivity index (χ3v) is 7.64. The van der Waals surface area contributed by atoms with Crippen molar-refractivity contribution in [3.8, 4) is 0 Å². The van der Waals surface area contributed by atoms with Crippen molar-refractivity contribution in [3.05, 3.63) is 64.0 Å². The lowest BCUT2D eigenvalue weighted by Gasteiger charge is -2.36. The van der Waals surface area contributed by atoms with Gasteiger partial charge in [0.05, 0.1) is 23.0 Å². The summed E-state index contributed by atoms with van der Waals surface area (Å²) in [5.41, 5.74) is 0.367. The van der Waals surface area contributed by atoms with Crippen molar-refractivity contribution in [2.45, 2.75) is 4.90 Å². The minimum Gasteiger partial charge on any atom is -0.379 e. The summed E-state index contributed by atoms with van der Waals surface area (Å²) in [7, 11) is -3.87. The average Bonchev–Trinajstić information content (AvgIpc) is 2.84. The number of nitro groups is 1. The Morgan fingerprint density at radius 3 is 2.21 bits per heavy atom. The molecule has 2 aliphatic rings. The number of sulfonamides is 1. The molecule has 1 amide bonds. The number of carbonyl (C=O) groups excluding carboxylic acids is 1. The van der Waals surface area contributed by atoms with Gasteiger partial charge in [0.1, 0.15) is 11.5 Å². The standard InChI is InChI=1S/C21H23FN4O6S/c22-17-3-1-16(2-4-17)21(27)24-9-7-23(8-10-24)19-6-5-18(15-20(19)26(28)29)33(30,31)25-11-13-32-14-12-25/h1-6,15H,7-14H2. The number of amides is 1. The molecule has 0 spiro atoms. The summed E-state index contributed by atoms with van der Waals surface area (Å²) in [5.74, 6) is -0.668. The van der Waals surface area contributed by atoms with Gasteiger partial charge in [0.25, 0.3) is 11.6 Å². The zero-order chi connectivity index (χ0) is 23.6. The van der Waals surface area contributed by atoms with Crippen LogP contribution in [0.5, 0.6) is 0 Å². The van der Waals surface area contributed by atoms with Crippen molar-refractivity contribution in [2.75, 3.05) is 57.4 Å². The highest BCUT2D eigenvalue weighted by molar-refractivity contribution is 7.89. The first-order valence-corrected chi connectivity index (χ1v) is 11.9. The number of carbonyl (C=O) groups is 1. The normalized spacial score (nSPS) is 17.7. The van der Waals surface area contributed by atoms with Crippen LogP contribution in [0.15, 0.2) is 47.4 Å². The summed E-state index contributed by atoms with van der Waals surface area (Å²) < 4.78 is 45.3. The molecule has 2 heterocycles. The van der Waals surface area contributed by atoms with E-state index in [0.29, 0.717) is 37.4 Å². The molecule has 2 aliphatic heterocycles. The highest BCUT2D eigenvalue weighted by Crippen LogP contribution is 2.32. The zero-order valence-electron chi connectivity index (χ0n) is 17.7. The molecule has 0 aromatic heterocycles. The van der Waals surface area contributed by atoms with Crippen LogP contribution >= 0.6 is 0 Å². The molecule has 0 radical (unpaired) electrons. The number of hydrogen-bond donors (Lipinski definition) is 0. The third-order valence-electron chi connectivity index (χ3n) is 5.75. The van der Waals surface area contributed by atoms with Crippen LogP contribution in [0.1, 0.15) is 10.4 Å². The lowest BCUT2D eigenvalue weighted by atomic mass is 10.1. The molecule has 12 heteroatoms. The van der Waals surface area contributed by atoms with Crippen molar-refractivity contribution < 1.29 is 27.3 Å². The topological polar surface area (TPSA) is 113 Å². The molecule has 0 saturated carbocycles. The van der Waals surface area contributed by atoms with Crippen LogP contribution in [0.3, 0.4) is 0 Å². The number of rotatable bonds is 5. The van der Waals surface area contributed by atoms with Gasteiger partial charge >= 0.3 is 0 Å². The fraction of sp³-hybridized carbons (Fsp3) is 0.381. The van der Waals surface area contributed by atoms with E-state index in [1.165, 1.54) is 40.7 Å². The number of nitrogens with zero attached hydrogens (tertiary/aromatic N) is 4. The molecule has 4 rings (SSSR count). The maximum Gasteiger partial charge on any atom is 0.293 e. The van der Waals surface area contributed by atoms with Crippen LogP contribution in [0, 0.1) is 15.9 Å². The number of benzene rings is 2. The van der Waals surface area contributed by atoms with E-state index < -0.39 is 20.8 Å². The lowest BCUT2D eigenvalue weighted by molar-refractivity contribution is -0.384. The monoisotopic (exact) mass is 478 g/mol. The van der Waals surface area contributed by atoms with Crippen LogP contribution in [0.25, 0.3) is 0 Å². The third kappa shape index (κ3) is 4.82. The van der Waals surface area contributed by atoms with E-state index in [9.17, 15) is 27.7 Å². The summed E-state index contributed by atoms with van der Waals surface area (Å²) in [5, 5.41) is 11.8. The summed E-state index contributed by atoms with van der Waals surface area (Å²) in [6, 6.07) is 9.20. The SMILES string of the molecule is O=C(c1ccc(F)cc1)N1CCN(c2ccc(S(=O)(=O)N3CCOCC3)cc2[N+](=O)[O-])CC1. The molecule has 0 atom stereocenters. The van der Waals surface area contributed by atoms with Gasteiger partial charge in [-0.25, -0.2) is 12.8 Å². The lowest BCUT2D eigenvalue weighted by Crippen LogP contribution is -2.49. The van der Waals surface area contributed by atoms with E-state index in [4.69, 9.17) is 4.74 Å². The molecule has 2 aromatic carbocycles. The Morgan fingerprint density at radius 2 is 1.61 bits per heavy atom. The van der Waals surface area contributed by atoms with E-state index in [1.54, 1.807) is 9.80 Å². The predicted molar refractivity (Wildman–Crippen MR) is 117 cm³/mol. The second-order valence-electron chi connectivity index (χ2n) is 7.71. The summed E-state index contributed by atoms with van der Waals surface area (Å²) in [4.78, 5) is 27.0. The van der Waals surface area contributed by atoms with Crippen molar-refractivity contribution >= 4 is 27.3 Å². The van der Waals surface area contributed by atoms with Crippen molar-refractivity contribution in [1.29, 1.82) is 0 Å². The molecule has 0 N–H and O–H groups in total. The molecular formula is C21H23FN4O6S. The first-order chi connectivity index (χ1) is 15.8. The molecule has 2 aromatic rings. The predicted octanol–water partition coefficient (Wildman–Crippen LogP) is 1.72. The largest absolute Gasteiger partial charge is 0.379 e. The second kappa shape index (κ2) is 9.41. The van der Waals surface area contributed by atoms with E-state index in [0.717, 1.165) is 6.07 Å². The number of ether oxygens (including phenoxy) is 1. The van der Waals surface area contributed by atoms with Gasteiger partial charge in [-0.2, -0.15) is 4.31 Å². The van der Waals surface area contributed by atoms with Crippen LogP contribution in [-0.2, 0) is 14.8 Å². The van der Waals surface area contributed by atoms with Gasteiger partial charge in [0.15, 0.2) is 0 Å². The molecule has 0 unspecified atom stereocenters. The number of hydrogen-bond acceptors (Lipinski definition) is 7. The Balaban J connectivity index is 1.50. The van der Waals surface area contributed by atoms with E-state index in [1.807, 2.05) is 0 Å². The molecule has 0 bridgehead atoms. The number of morpholine rings is 1. The summed E-state index contributed by atoms with van der Waals surface area (Å²) in [6.07, 6.45) is 0. The van der Waals surface area contributed by atoms with Crippen molar-refractivity contribution in [3.63, 3.8) is 0 Å². The van der Waals surface area contributed by atoms with Crippen molar-refractivity contribution in [2.24, 2.45) is 0 Å². The van der Waals surface area contributed by atoms with E-state index >= 15 is 0 Å². The van der Waals surface area contributed by atoms with Gasteiger partial charge in [0.2, 0.25) is 10.0 Å². The molecule has 2 fully saturated rings. The fourth-order valence-corrected chi connectivity index (χ4v) is 5.37. The summed E-state index contributed by atoms with van der Waals surface area (Å²) in [6.45, 7) is 2.26.